The third kappa shape index (κ3) is 5.25. The predicted octanol–water partition coefficient (Wildman–Crippen LogP) is -1.47. The number of carbonyl (C=O) groups is 4. The molecular formula is C8H9N2O8P. The lowest BCUT2D eigenvalue weighted by atomic mass is 10.3. The van der Waals surface area contributed by atoms with Gasteiger partial charge < -0.3 is 18.7 Å². The first-order valence-corrected chi connectivity index (χ1v) is 5.04. The molecule has 0 aliphatic carbocycles. The normalized spacial score (nSPS) is 8.95. The Balaban J connectivity index is 4.18. The van der Waals surface area contributed by atoms with Gasteiger partial charge in [-0.05, 0) is 0 Å². The summed E-state index contributed by atoms with van der Waals surface area (Å²) in [6.07, 6.45) is 0. The van der Waals surface area contributed by atoms with Crippen LogP contribution < -0.4 is 11.8 Å². The van der Waals surface area contributed by atoms with Gasteiger partial charge in [-0.15, -0.1) is 0 Å². The van der Waals surface area contributed by atoms with Crippen molar-refractivity contribution in [3.05, 3.63) is 24.3 Å². The molecule has 11 heteroatoms. The Labute approximate surface area is 108 Å². The first-order chi connectivity index (χ1) is 8.84. The summed E-state index contributed by atoms with van der Waals surface area (Å²) in [5.41, 5.74) is -1.41. The van der Waals surface area contributed by atoms with E-state index >= 15 is 0 Å². The van der Waals surface area contributed by atoms with Gasteiger partial charge in [-0.3, -0.25) is 0 Å². The average molecular weight is 292 g/mol. The highest BCUT2D eigenvalue weighted by Crippen LogP contribution is 2.18. The molecule has 0 aromatic carbocycles. The molecule has 10 nitrogen and oxygen atoms in total. The van der Waals surface area contributed by atoms with E-state index in [1.165, 1.54) is 0 Å². The zero-order valence-electron chi connectivity index (χ0n) is 9.33. The van der Waals surface area contributed by atoms with Gasteiger partial charge in [0.15, 0.2) is 0 Å². The standard InChI is InChI=1S/C8H9N2O8P/c1-3(5(11)15-9)7(13)17-19-18-8(14)4(2)6(12)16-10/h19H,1-2,9-10H2. The van der Waals surface area contributed by atoms with E-state index in [0.717, 1.165) is 0 Å². The van der Waals surface area contributed by atoms with Crippen molar-refractivity contribution < 1.29 is 37.9 Å². The van der Waals surface area contributed by atoms with Crippen molar-refractivity contribution >= 4 is 32.9 Å². The molecule has 0 saturated carbocycles. The Kier molecular flexibility index (Phi) is 6.97. The van der Waals surface area contributed by atoms with Crippen LogP contribution in [-0.4, -0.2) is 23.9 Å². The summed E-state index contributed by atoms with van der Waals surface area (Å²) in [5.74, 6) is 4.15. The smallest absolute Gasteiger partial charge is 0.363 e. The molecule has 0 rings (SSSR count). The second kappa shape index (κ2) is 7.93. The Morgan fingerprint density at radius 1 is 0.737 bits per heavy atom. The molecule has 0 heterocycles. The second-order valence-electron chi connectivity index (χ2n) is 2.63. The maximum absolute atomic E-state index is 11.1. The van der Waals surface area contributed by atoms with Gasteiger partial charge in [-0.2, -0.15) is 11.8 Å². The molecule has 0 aliphatic rings. The van der Waals surface area contributed by atoms with Gasteiger partial charge in [0.05, 0.1) is 0 Å². The van der Waals surface area contributed by atoms with Crippen LogP contribution in [0.25, 0.3) is 0 Å². The van der Waals surface area contributed by atoms with Crippen LogP contribution in [0.2, 0.25) is 0 Å². The zero-order chi connectivity index (χ0) is 15.0. The fourth-order valence-electron chi connectivity index (χ4n) is 0.529. The molecule has 0 unspecified atom stereocenters. The van der Waals surface area contributed by atoms with E-state index < -0.39 is 44.1 Å². The van der Waals surface area contributed by atoms with Gasteiger partial charge in [0.2, 0.25) is 0 Å². The Morgan fingerprint density at radius 3 is 1.32 bits per heavy atom. The van der Waals surface area contributed by atoms with E-state index in [1.807, 2.05) is 0 Å². The lowest BCUT2D eigenvalue weighted by molar-refractivity contribution is -0.144. The monoisotopic (exact) mass is 292 g/mol. The molecule has 4 N–H and O–H groups in total. The highest BCUT2D eigenvalue weighted by Gasteiger charge is 2.21. The molecule has 0 aromatic rings. The molecule has 19 heavy (non-hydrogen) atoms. The minimum atomic E-state index is -1.21. The topological polar surface area (TPSA) is 157 Å². The Morgan fingerprint density at radius 2 is 1.05 bits per heavy atom. The largest absolute Gasteiger partial charge is 0.405 e. The van der Waals surface area contributed by atoms with Crippen LogP contribution in [0.4, 0.5) is 0 Å². The SMILES string of the molecule is C=C(C(=O)ON)C(=O)OPOC(=O)C(=C)C(=O)ON. The van der Waals surface area contributed by atoms with Gasteiger partial charge in [0.1, 0.15) is 11.1 Å². The molecule has 0 saturated heterocycles. The van der Waals surface area contributed by atoms with Crippen molar-refractivity contribution in [3.8, 4) is 0 Å². The van der Waals surface area contributed by atoms with Crippen LogP contribution in [0, 0.1) is 0 Å². The molecule has 0 amide bonds. The molecule has 0 fully saturated rings. The van der Waals surface area contributed by atoms with E-state index in [-0.39, 0.29) is 0 Å². The number of hydrogen-bond acceptors (Lipinski definition) is 10. The summed E-state index contributed by atoms with van der Waals surface area (Å²) >= 11 is 0. The summed E-state index contributed by atoms with van der Waals surface area (Å²) in [7, 11) is -1.15. The molecule has 104 valence electrons. The van der Waals surface area contributed by atoms with Gasteiger partial charge >= 0.3 is 23.9 Å². The zero-order valence-corrected chi connectivity index (χ0v) is 10.3. The molecule has 0 aromatic heterocycles. The summed E-state index contributed by atoms with van der Waals surface area (Å²) < 4.78 is 8.65. The summed E-state index contributed by atoms with van der Waals surface area (Å²) in [6, 6.07) is 0. The molecular weight excluding hydrogens is 283 g/mol. The van der Waals surface area contributed by atoms with E-state index in [2.05, 4.69) is 43.7 Å². The van der Waals surface area contributed by atoms with Crippen molar-refractivity contribution in [2.24, 2.45) is 11.8 Å². The highest BCUT2D eigenvalue weighted by atomic mass is 31.1. The minimum absolute atomic E-state index is 0.703. The van der Waals surface area contributed by atoms with E-state index in [1.54, 1.807) is 0 Å². The van der Waals surface area contributed by atoms with Gasteiger partial charge in [-0.25, -0.2) is 19.2 Å². The van der Waals surface area contributed by atoms with Crippen LogP contribution in [0.15, 0.2) is 24.3 Å². The van der Waals surface area contributed by atoms with Crippen LogP contribution >= 0.6 is 9.03 Å². The predicted molar refractivity (Wildman–Crippen MR) is 59.3 cm³/mol. The number of nitrogens with two attached hydrogens (primary N) is 2. The van der Waals surface area contributed by atoms with Gasteiger partial charge in [0, 0.05) is 0 Å². The van der Waals surface area contributed by atoms with Crippen molar-refractivity contribution in [1.82, 2.24) is 0 Å². The number of hydrogen-bond donors (Lipinski definition) is 2. The fraction of sp³-hybridized carbons (Fsp3) is 0. The third-order valence-corrected chi connectivity index (χ3v) is 2.01. The van der Waals surface area contributed by atoms with Crippen molar-refractivity contribution in [1.29, 1.82) is 0 Å². The summed E-state index contributed by atoms with van der Waals surface area (Å²) in [4.78, 5) is 51.1. The number of rotatable bonds is 6. The van der Waals surface area contributed by atoms with Gasteiger partial charge in [-0.1, -0.05) is 13.2 Å². The quantitative estimate of drug-likeness (QED) is 0.194. The van der Waals surface area contributed by atoms with Crippen LogP contribution in [-0.2, 0) is 37.9 Å². The Bertz CT molecular complexity index is 406. The highest BCUT2D eigenvalue weighted by molar-refractivity contribution is 7.27. The average Bonchev–Trinajstić information content (AvgIpc) is 2.43. The summed E-state index contributed by atoms with van der Waals surface area (Å²) in [5, 5.41) is 0. The first-order valence-electron chi connectivity index (χ1n) is 4.22. The minimum Gasteiger partial charge on any atom is -0.405 e. The lowest BCUT2D eigenvalue weighted by Crippen LogP contribution is -2.19. The van der Waals surface area contributed by atoms with E-state index in [0.29, 0.717) is 0 Å². The fourth-order valence-corrected chi connectivity index (χ4v) is 0.968. The van der Waals surface area contributed by atoms with E-state index in [9.17, 15) is 19.2 Å². The Hall–Kier alpha value is -2.29. The van der Waals surface area contributed by atoms with Crippen molar-refractivity contribution in [3.63, 3.8) is 0 Å². The molecule has 0 bridgehead atoms. The number of carbonyl (C=O) groups excluding carboxylic acids is 4. The maximum Gasteiger partial charge on any atom is 0.363 e. The van der Waals surface area contributed by atoms with Crippen LogP contribution in [0.1, 0.15) is 0 Å². The van der Waals surface area contributed by atoms with Crippen molar-refractivity contribution in [2.75, 3.05) is 0 Å². The second-order valence-corrected chi connectivity index (χ2v) is 3.21. The molecule has 0 aliphatic heterocycles. The third-order valence-electron chi connectivity index (χ3n) is 1.47. The van der Waals surface area contributed by atoms with E-state index in [4.69, 9.17) is 0 Å². The molecule has 0 spiro atoms. The first kappa shape index (κ1) is 16.7. The lowest BCUT2D eigenvalue weighted by Gasteiger charge is -2.05. The van der Waals surface area contributed by atoms with Crippen LogP contribution in [0.5, 0.6) is 0 Å². The van der Waals surface area contributed by atoms with Crippen molar-refractivity contribution in [2.45, 2.75) is 0 Å². The summed E-state index contributed by atoms with van der Waals surface area (Å²) in [6.45, 7) is 6.05. The van der Waals surface area contributed by atoms with Gasteiger partial charge in [0.25, 0.3) is 9.03 Å². The molecule has 0 atom stereocenters. The maximum atomic E-state index is 11.1. The van der Waals surface area contributed by atoms with Crippen LogP contribution in [0.3, 0.4) is 0 Å². The molecule has 0 radical (unpaired) electrons.